The van der Waals surface area contributed by atoms with Gasteiger partial charge in [0.25, 0.3) is 0 Å². The molecule has 1 aromatic rings. The summed E-state index contributed by atoms with van der Waals surface area (Å²) in [6.07, 6.45) is 0.784. The molecule has 2 unspecified atom stereocenters. The highest BCUT2D eigenvalue weighted by molar-refractivity contribution is 5.75. The van der Waals surface area contributed by atoms with E-state index in [1.807, 2.05) is 37.2 Å². The molecule has 80 valence electrons. The molecule has 15 heavy (non-hydrogen) atoms. The van der Waals surface area contributed by atoms with Crippen LogP contribution in [-0.4, -0.2) is 25.2 Å². The van der Waals surface area contributed by atoms with Crippen molar-refractivity contribution in [3.63, 3.8) is 0 Å². The van der Waals surface area contributed by atoms with Crippen molar-refractivity contribution in [3.8, 4) is 0 Å². The fraction of sp³-hybridized carbons (Fsp3) is 0.417. The Balaban J connectivity index is 2.17. The van der Waals surface area contributed by atoms with E-state index >= 15 is 0 Å². The Kier molecular flexibility index (Phi) is 2.39. The molecule has 2 atom stereocenters. The van der Waals surface area contributed by atoms with Gasteiger partial charge in [0.1, 0.15) is 0 Å². The van der Waals surface area contributed by atoms with E-state index in [1.165, 1.54) is 0 Å². The second-order valence-corrected chi connectivity index (χ2v) is 4.28. The van der Waals surface area contributed by atoms with Gasteiger partial charge in [0, 0.05) is 19.8 Å². The molecule has 2 rings (SSSR count). The number of hydrogen-bond donors (Lipinski definition) is 1. The summed E-state index contributed by atoms with van der Waals surface area (Å²) in [5, 5.41) is 8.85. The van der Waals surface area contributed by atoms with Crippen LogP contribution in [0.15, 0.2) is 24.3 Å². The van der Waals surface area contributed by atoms with E-state index in [0.29, 0.717) is 0 Å². The Bertz CT molecular complexity index is 387. The maximum Gasteiger partial charge on any atom is 0.307 e. The molecule has 1 aromatic carbocycles. The first-order valence-electron chi connectivity index (χ1n) is 5.09. The molecule has 0 radical (unpaired) electrons. The van der Waals surface area contributed by atoms with Crippen molar-refractivity contribution in [1.82, 2.24) is 0 Å². The fourth-order valence-electron chi connectivity index (χ4n) is 1.87. The summed E-state index contributed by atoms with van der Waals surface area (Å²) in [6, 6.07) is 8.11. The van der Waals surface area contributed by atoms with E-state index in [2.05, 4.69) is 6.07 Å². The van der Waals surface area contributed by atoms with Crippen molar-refractivity contribution in [1.29, 1.82) is 0 Å². The topological polar surface area (TPSA) is 40.5 Å². The minimum absolute atomic E-state index is 0.164. The molecule has 0 saturated heterocycles. The lowest BCUT2D eigenvalue weighted by molar-refractivity contribution is -0.138. The summed E-state index contributed by atoms with van der Waals surface area (Å²) in [4.78, 5) is 12.8. The number of aliphatic carboxylic acids is 1. The molecule has 1 aliphatic rings. The van der Waals surface area contributed by atoms with Gasteiger partial charge in [-0.05, 0) is 30.0 Å². The number of hydrogen-bond acceptors (Lipinski definition) is 2. The lowest BCUT2D eigenvalue weighted by atomic mass is 10.1. The van der Waals surface area contributed by atoms with Crippen LogP contribution in [0, 0.1) is 5.92 Å². The van der Waals surface area contributed by atoms with Gasteiger partial charge in [0.05, 0.1) is 5.92 Å². The molecule has 0 aliphatic heterocycles. The molecular formula is C12H15NO2. The molecule has 3 nitrogen and oxygen atoms in total. The van der Waals surface area contributed by atoms with Crippen LogP contribution in [0.5, 0.6) is 0 Å². The minimum atomic E-state index is -0.671. The standard InChI is InChI=1S/C12H15NO2/c1-13(2)9-5-3-4-8(6-9)10-7-11(10)12(14)15/h3-6,10-11H,7H2,1-2H3,(H,14,15). The van der Waals surface area contributed by atoms with Gasteiger partial charge in [-0.1, -0.05) is 12.1 Å². The van der Waals surface area contributed by atoms with E-state index < -0.39 is 5.97 Å². The average Bonchev–Trinajstić information content (AvgIpc) is 2.97. The molecule has 1 aliphatic carbocycles. The van der Waals surface area contributed by atoms with E-state index in [-0.39, 0.29) is 11.8 Å². The second-order valence-electron chi connectivity index (χ2n) is 4.28. The number of nitrogens with zero attached hydrogens (tertiary/aromatic N) is 1. The first-order chi connectivity index (χ1) is 7.09. The van der Waals surface area contributed by atoms with Gasteiger partial charge in [-0.2, -0.15) is 0 Å². The van der Waals surface area contributed by atoms with Crippen molar-refractivity contribution in [2.24, 2.45) is 5.92 Å². The number of carbonyl (C=O) groups is 1. The van der Waals surface area contributed by atoms with Crippen LogP contribution < -0.4 is 4.90 Å². The Morgan fingerprint density at radius 3 is 2.73 bits per heavy atom. The largest absolute Gasteiger partial charge is 0.481 e. The number of rotatable bonds is 3. The number of anilines is 1. The number of carboxylic acid groups (broad SMARTS) is 1. The van der Waals surface area contributed by atoms with E-state index in [1.54, 1.807) is 0 Å². The normalized spacial score (nSPS) is 23.6. The van der Waals surface area contributed by atoms with Crippen molar-refractivity contribution >= 4 is 11.7 Å². The van der Waals surface area contributed by atoms with Gasteiger partial charge in [0.15, 0.2) is 0 Å². The predicted molar refractivity (Wildman–Crippen MR) is 59.3 cm³/mol. The lowest BCUT2D eigenvalue weighted by Crippen LogP contribution is -2.08. The summed E-state index contributed by atoms with van der Waals surface area (Å²) < 4.78 is 0. The zero-order chi connectivity index (χ0) is 11.0. The summed E-state index contributed by atoms with van der Waals surface area (Å²) in [5.74, 6) is -0.611. The Hall–Kier alpha value is -1.51. The maximum absolute atomic E-state index is 10.8. The van der Waals surface area contributed by atoms with Gasteiger partial charge >= 0.3 is 5.97 Å². The monoisotopic (exact) mass is 205 g/mol. The smallest absolute Gasteiger partial charge is 0.307 e. The molecule has 0 heterocycles. The maximum atomic E-state index is 10.8. The first-order valence-corrected chi connectivity index (χ1v) is 5.09. The zero-order valence-corrected chi connectivity index (χ0v) is 8.97. The van der Waals surface area contributed by atoms with Crippen molar-refractivity contribution in [3.05, 3.63) is 29.8 Å². The van der Waals surface area contributed by atoms with Crippen molar-refractivity contribution in [2.45, 2.75) is 12.3 Å². The van der Waals surface area contributed by atoms with Crippen LogP contribution in [0.3, 0.4) is 0 Å². The van der Waals surface area contributed by atoms with E-state index in [0.717, 1.165) is 17.7 Å². The molecule has 3 heteroatoms. The number of benzene rings is 1. The van der Waals surface area contributed by atoms with Crippen molar-refractivity contribution < 1.29 is 9.90 Å². The molecule has 1 N–H and O–H groups in total. The van der Waals surface area contributed by atoms with Gasteiger partial charge in [-0.15, -0.1) is 0 Å². The van der Waals surface area contributed by atoms with Gasteiger partial charge in [-0.25, -0.2) is 0 Å². The van der Waals surface area contributed by atoms with Gasteiger partial charge in [-0.3, -0.25) is 4.79 Å². The van der Waals surface area contributed by atoms with Crippen LogP contribution in [-0.2, 0) is 4.79 Å². The SMILES string of the molecule is CN(C)c1cccc(C2CC2C(=O)O)c1. The minimum Gasteiger partial charge on any atom is -0.481 e. The molecule has 1 saturated carbocycles. The second kappa shape index (κ2) is 3.57. The predicted octanol–water partition coefficient (Wildman–Crippen LogP) is 1.94. The summed E-state index contributed by atoms with van der Waals surface area (Å²) in [5.41, 5.74) is 2.28. The average molecular weight is 205 g/mol. The third-order valence-electron chi connectivity index (χ3n) is 2.92. The lowest BCUT2D eigenvalue weighted by Gasteiger charge is -2.13. The van der Waals surface area contributed by atoms with Crippen LogP contribution in [0.2, 0.25) is 0 Å². The number of carboxylic acids is 1. The summed E-state index contributed by atoms with van der Waals surface area (Å²) in [6.45, 7) is 0. The van der Waals surface area contributed by atoms with Crippen molar-refractivity contribution in [2.75, 3.05) is 19.0 Å². The van der Waals surface area contributed by atoms with Crippen LogP contribution in [0.25, 0.3) is 0 Å². The molecular weight excluding hydrogens is 190 g/mol. The Labute approximate surface area is 89.3 Å². The highest BCUT2D eigenvalue weighted by atomic mass is 16.4. The van der Waals surface area contributed by atoms with E-state index in [9.17, 15) is 4.79 Å². The Morgan fingerprint density at radius 2 is 2.20 bits per heavy atom. The Morgan fingerprint density at radius 1 is 1.47 bits per heavy atom. The summed E-state index contributed by atoms with van der Waals surface area (Å²) >= 11 is 0. The van der Waals surface area contributed by atoms with E-state index in [4.69, 9.17) is 5.11 Å². The van der Waals surface area contributed by atoms with Crippen LogP contribution >= 0.6 is 0 Å². The summed E-state index contributed by atoms with van der Waals surface area (Å²) in [7, 11) is 3.97. The highest BCUT2D eigenvalue weighted by Crippen LogP contribution is 2.47. The fourth-order valence-corrected chi connectivity index (χ4v) is 1.87. The zero-order valence-electron chi connectivity index (χ0n) is 8.97. The van der Waals surface area contributed by atoms with Gasteiger partial charge < -0.3 is 10.0 Å². The first kappa shape index (κ1) is 10.0. The third-order valence-corrected chi connectivity index (χ3v) is 2.92. The van der Waals surface area contributed by atoms with Crippen LogP contribution in [0.1, 0.15) is 17.9 Å². The highest BCUT2D eigenvalue weighted by Gasteiger charge is 2.44. The molecule has 0 aromatic heterocycles. The molecule has 0 bridgehead atoms. The molecule has 0 amide bonds. The molecule has 1 fully saturated rings. The van der Waals surface area contributed by atoms with Crippen LogP contribution in [0.4, 0.5) is 5.69 Å². The quantitative estimate of drug-likeness (QED) is 0.819. The van der Waals surface area contributed by atoms with Gasteiger partial charge in [0.2, 0.25) is 0 Å². The molecule has 0 spiro atoms. The third kappa shape index (κ3) is 1.96.